The molecule has 0 amide bonds. The Morgan fingerprint density at radius 1 is 1.08 bits per heavy atom. The predicted molar refractivity (Wildman–Crippen MR) is 111 cm³/mol. The molecular weight excluding hydrogens is 431 g/mol. The van der Waals surface area contributed by atoms with Crippen LogP contribution in [0.5, 0.6) is 0 Å². The molecule has 0 aliphatic rings. The summed E-state index contributed by atoms with van der Waals surface area (Å²) in [7, 11) is 1.73. The van der Waals surface area contributed by atoms with Crippen molar-refractivity contribution in [2.24, 2.45) is 4.99 Å². The third-order valence-electron chi connectivity index (χ3n) is 3.32. The van der Waals surface area contributed by atoms with Crippen molar-refractivity contribution in [1.82, 2.24) is 10.6 Å². The summed E-state index contributed by atoms with van der Waals surface area (Å²) in [6.45, 7) is 6.15. The van der Waals surface area contributed by atoms with Crippen molar-refractivity contribution in [1.29, 1.82) is 5.26 Å². The highest BCUT2D eigenvalue weighted by Gasteiger charge is 1.99. The first-order valence-corrected chi connectivity index (χ1v) is 8.39. The summed E-state index contributed by atoms with van der Waals surface area (Å²) in [5.41, 5.74) is 1.76. The fourth-order valence-electron chi connectivity index (χ4n) is 1.91. The second kappa shape index (κ2) is 16.1. The number of benzene rings is 1. The number of rotatable bonds is 11. The van der Waals surface area contributed by atoms with Crippen LogP contribution in [0.4, 0.5) is 0 Å². The molecule has 7 heteroatoms. The van der Waals surface area contributed by atoms with Crippen molar-refractivity contribution in [3.05, 3.63) is 35.4 Å². The zero-order chi connectivity index (χ0) is 17.5. The number of unbranched alkanes of at least 4 members (excludes halogenated alkanes) is 1. The van der Waals surface area contributed by atoms with Crippen LogP contribution in [0.25, 0.3) is 0 Å². The largest absolute Gasteiger partial charge is 0.379 e. The maximum atomic E-state index is 8.78. The summed E-state index contributed by atoms with van der Waals surface area (Å²) >= 11 is 0. The number of halogens is 1. The molecule has 1 rings (SSSR count). The summed E-state index contributed by atoms with van der Waals surface area (Å²) in [5, 5.41) is 15.2. The van der Waals surface area contributed by atoms with E-state index in [0.717, 1.165) is 31.0 Å². The van der Waals surface area contributed by atoms with Crippen molar-refractivity contribution in [3.63, 3.8) is 0 Å². The molecule has 0 aromatic heterocycles. The van der Waals surface area contributed by atoms with Gasteiger partial charge in [0.15, 0.2) is 5.96 Å². The average Bonchev–Trinajstić information content (AvgIpc) is 2.63. The highest BCUT2D eigenvalue weighted by molar-refractivity contribution is 14.0. The Kier molecular flexibility index (Phi) is 15.2. The molecule has 25 heavy (non-hydrogen) atoms. The average molecular weight is 460 g/mol. The van der Waals surface area contributed by atoms with E-state index >= 15 is 0 Å². The summed E-state index contributed by atoms with van der Waals surface area (Å²) in [5.74, 6) is 0.724. The van der Waals surface area contributed by atoms with Crippen LogP contribution in [0.3, 0.4) is 0 Å². The number of nitrogens with zero attached hydrogens (tertiary/aromatic N) is 2. The number of aliphatic imine (C=N–C) groups is 1. The predicted octanol–water partition coefficient (Wildman–Crippen LogP) is 2.67. The van der Waals surface area contributed by atoms with E-state index in [1.807, 2.05) is 24.3 Å². The molecule has 6 nitrogen and oxygen atoms in total. The van der Waals surface area contributed by atoms with E-state index in [0.29, 0.717) is 38.5 Å². The van der Waals surface area contributed by atoms with Crippen molar-refractivity contribution in [2.75, 3.05) is 40.0 Å². The molecule has 0 fully saturated rings. The van der Waals surface area contributed by atoms with E-state index < -0.39 is 0 Å². The van der Waals surface area contributed by atoms with Crippen LogP contribution < -0.4 is 10.6 Å². The summed E-state index contributed by atoms with van der Waals surface area (Å²) in [6, 6.07) is 9.59. The van der Waals surface area contributed by atoms with E-state index in [9.17, 15) is 0 Å². The zero-order valence-corrected chi connectivity index (χ0v) is 17.4. The number of nitriles is 1. The Balaban J connectivity index is 0.00000576. The van der Waals surface area contributed by atoms with Gasteiger partial charge in [0.05, 0.1) is 31.5 Å². The number of nitrogens with one attached hydrogen (secondary N) is 2. The molecule has 0 aliphatic carbocycles. The molecule has 2 N–H and O–H groups in total. The number of ether oxygens (including phenoxy) is 2. The first-order chi connectivity index (χ1) is 11.8. The third-order valence-corrected chi connectivity index (χ3v) is 3.32. The molecule has 0 saturated heterocycles. The lowest BCUT2D eigenvalue weighted by atomic mass is 10.1. The van der Waals surface area contributed by atoms with Gasteiger partial charge >= 0.3 is 0 Å². The Morgan fingerprint density at radius 3 is 2.36 bits per heavy atom. The highest BCUT2D eigenvalue weighted by Crippen LogP contribution is 2.02. The standard InChI is InChI=1S/C18H28N4O2.HI/c1-3-4-10-23-12-13-24-11-9-21-18(20-2)22-15-17-7-5-16(14-19)6-8-17;/h5-8H,3-4,9-13,15H2,1-2H3,(H2,20,21,22);1H. The van der Waals surface area contributed by atoms with E-state index in [-0.39, 0.29) is 24.0 Å². The Bertz CT molecular complexity index is 515. The maximum Gasteiger partial charge on any atom is 0.191 e. The summed E-state index contributed by atoms with van der Waals surface area (Å²) in [4.78, 5) is 4.17. The van der Waals surface area contributed by atoms with Crippen LogP contribution in [0.1, 0.15) is 30.9 Å². The smallest absolute Gasteiger partial charge is 0.191 e. The van der Waals surface area contributed by atoms with Gasteiger partial charge in [-0.05, 0) is 24.1 Å². The minimum Gasteiger partial charge on any atom is -0.379 e. The summed E-state index contributed by atoms with van der Waals surface area (Å²) < 4.78 is 10.9. The molecule has 0 spiro atoms. The first kappa shape index (κ1) is 23.6. The molecule has 0 saturated carbocycles. The SMILES string of the molecule is CCCCOCCOCCNC(=NC)NCc1ccc(C#N)cc1.I. The van der Waals surface area contributed by atoms with Gasteiger partial charge in [0.2, 0.25) is 0 Å². The van der Waals surface area contributed by atoms with Crippen molar-refractivity contribution in [3.8, 4) is 6.07 Å². The van der Waals surface area contributed by atoms with E-state index in [1.165, 1.54) is 0 Å². The van der Waals surface area contributed by atoms with Gasteiger partial charge in [-0.1, -0.05) is 25.5 Å². The summed E-state index contributed by atoms with van der Waals surface area (Å²) in [6.07, 6.45) is 2.25. The monoisotopic (exact) mass is 460 g/mol. The Morgan fingerprint density at radius 2 is 1.76 bits per heavy atom. The second-order valence-corrected chi connectivity index (χ2v) is 5.24. The van der Waals surface area contributed by atoms with Gasteiger partial charge in [-0.3, -0.25) is 4.99 Å². The highest BCUT2D eigenvalue weighted by atomic mass is 127. The van der Waals surface area contributed by atoms with Crippen LogP contribution in [0.15, 0.2) is 29.3 Å². The topological polar surface area (TPSA) is 78.7 Å². The first-order valence-electron chi connectivity index (χ1n) is 8.39. The molecule has 1 aromatic rings. The molecule has 0 bridgehead atoms. The van der Waals surface area contributed by atoms with Gasteiger partial charge < -0.3 is 20.1 Å². The van der Waals surface area contributed by atoms with Gasteiger partial charge in [-0.15, -0.1) is 24.0 Å². The molecule has 1 aromatic carbocycles. The van der Waals surface area contributed by atoms with Crippen LogP contribution in [-0.4, -0.2) is 46.0 Å². The molecule has 0 heterocycles. The zero-order valence-electron chi connectivity index (χ0n) is 15.1. The molecular formula is C18H29IN4O2. The fourth-order valence-corrected chi connectivity index (χ4v) is 1.91. The molecule has 140 valence electrons. The van der Waals surface area contributed by atoms with Crippen molar-refractivity contribution in [2.45, 2.75) is 26.3 Å². The Hall–Kier alpha value is -1.37. The quantitative estimate of drug-likeness (QED) is 0.230. The van der Waals surface area contributed by atoms with Crippen LogP contribution >= 0.6 is 24.0 Å². The van der Waals surface area contributed by atoms with E-state index in [2.05, 4.69) is 28.6 Å². The normalized spacial score (nSPS) is 10.7. The van der Waals surface area contributed by atoms with Gasteiger partial charge in [0, 0.05) is 26.7 Å². The molecule has 0 radical (unpaired) electrons. The number of guanidine groups is 1. The van der Waals surface area contributed by atoms with Gasteiger partial charge in [0.1, 0.15) is 0 Å². The van der Waals surface area contributed by atoms with Crippen molar-refractivity contribution < 1.29 is 9.47 Å². The third kappa shape index (κ3) is 11.8. The van der Waals surface area contributed by atoms with E-state index in [4.69, 9.17) is 14.7 Å². The van der Waals surface area contributed by atoms with Crippen molar-refractivity contribution >= 4 is 29.9 Å². The lowest BCUT2D eigenvalue weighted by Crippen LogP contribution is -2.38. The lowest BCUT2D eigenvalue weighted by Gasteiger charge is -2.12. The molecule has 0 aliphatic heterocycles. The minimum absolute atomic E-state index is 0. The van der Waals surface area contributed by atoms with Crippen LogP contribution in [0, 0.1) is 11.3 Å². The van der Waals surface area contributed by atoms with Crippen LogP contribution in [-0.2, 0) is 16.0 Å². The Labute approximate surface area is 168 Å². The lowest BCUT2D eigenvalue weighted by molar-refractivity contribution is 0.0487. The minimum atomic E-state index is 0. The van der Waals surface area contributed by atoms with Gasteiger partial charge in [-0.2, -0.15) is 5.26 Å². The second-order valence-electron chi connectivity index (χ2n) is 5.24. The van der Waals surface area contributed by atoms with Crippen LogP contribution in [0.2, 0.25) is 0 Å². The molecule has 0 atom stereocenters. The maximum absolute atomic E-state index is 8.78. The van der Waals surface area contributed by atoms with E-state index in [1.54, 1.807) is 7.05 Å². The molecule has 0 unspecified atom stereocenters. The number of hydrogen-bond acceptors (Lipinski definition) is 4. The fraction of sp³-hybridized carbons (Fsp3) is 0.556. The number of hydrogen-bond donors (Lipinski definition) is 2. The van der Waals surface area contributed by atoms with Gasteiger partial charge in [-0.25, -0.2) is 0 Å². The van der Waals surface area contributed by atoms with Gasteiger partial charge in [0.25, 0.3) is 0 Å².